The van der Waals surface area contributed by atoms with Crippen LogP contribution in [-0.2, 0) is 11.2 Å². The number of amides is 1. The van der Waals surface area contributed by atoms with Crippen LogP contribution in [0.15, 0.2) is 54.6 Å². The van der Waals surface area contributed by atoms with Gasteiger partial charge in [-0.3, -0.25) is 4.79 Å². The lowest BCUT2D eigenvalue weighted by atomic mass is 10.1. The minimum atomic E-state index is -0.375. The van der Waals surface area contributed by atoms with E-state index in [4.69, 9.17) is 9.47 Å². The van der Waals surface area contributed by atoms with E-state index in [1.165, 1.54) is 12.1 Å². The molecule has 2 N–H and O–H groups in total. The fraction of sp³-hybridized carbons (Fsp3) is 0.150. The summed E-state index contributed by atoms with van der Waals surface area (Å²) in [6.07, 6.45) is 0.0522. The van der Waals surface area contributed by atoms with Gasteiger partial charge >= 0.3 is 0 Å². The van der Waals surface area contributed by atoms with Gasteiger partial charge in [-0.2, -0.15) is 0 Å². The molecular formula is C20H17FN4O3. The van der Waals surface area contributed by atoms with Gasteiger partial charge in [0, 0.05) is 11.8 Å². The van der Waals surface area contributed by atoms with Gasteiger partial charge in [-0.1, -0.05) is 12.1 Å². The summed E-state index contributed by atoms with van der Waals surface area (Å²) in [7, 11) is 0. The summed E-state index contributed by atoms with van der Waals surface area (Å²) in [4.78, 5) is 12.1. The zero-order valence-electron chi connectivity index (χ0n) is 14.8. The zero-order chi connectivity index (χ0) is 19.3. The largest absolute Gasteiger partial charge is 0.486 e. The molecule has 8 heteroatoms. The summed E-state index contributed by atoms with van der Waals surface area (Å²) < 4.78 is 24.2. The molecule has 1 aliphatic rings. The Morgan fingerprint density at radius 1 is 0.964 bits per heavy atom. The van der Waals surface area contributed by atoms with Crippen LogP contribution in [0.3, 0.4) is 0 Å². The van der Waals surface area contributed by atoms with Gasteiger partial charge in [-0.15, -0.1) is 10.2 Å². The Labute approximate surface area is 160 Å². The summed E-state index contributed by atoms with van der Waals surface area (Å²) in [5, 5.41) is 13.8. The second kappa shape index (κ2) is 7.91. The summed E-state index contributed by atoms with van der Waals surface area (Å²) in [6, 6.07) is 14.7. The van der Waals surface area contributed by atoms with Crippen LogP contribution in [0.2, 0.25) is 0 Å². The Balaban J connectivity index is 1.36. The maximum atomic E-state index is 13.2. The molecule has 28 heavy (non-hydrogen) atoms. The van der Waals surface area contributed by atoms with E-state index in [0.717, 1.165) is 5.69 Å². The maximum Gasteiger partial charge on any atom is 0.229 e. The maximum absolute atomic E-state index is 13.2. The highest BCUT2D eigenvalue weighted by molar-refractivity contribution is 5.91. The van der Waals surface area contributed by atoms with Crippen molar-refractivity contribution in [3.8, 4) is 11.5 Å². The fourth-order valence-electron chi connectivity index (χ4n) is 2.75. The van der Waals surface area contributed by atoms with Crippen molar-refractivity contribution in [2.75, 3.05) is 23.8 Å². The Morgan fingerprint density at radius 3 is 2.54 bits per heavy atom. The van der Waals surface area contributed by atoms with Gasteiger partial charge in [0.05, 0.1) is 6.42 Å². The second-order valence-corrected chi connectivity index (χ2v) is 6.14. The lowest BCUT2D eigenvalue weighted by Crippen LogP contribution is -2.16. The van der Waals surface area contributed by atoms with Crippen molar-refractivity contribution in [3.63, 3.8) is 0 Å². The number of ether oxygens (including phenoxy) is 2. The monoisotopic (exact) mass is 380 g/mol. The van der Waals surface area contributed by atoms with Crippen LogP contribution in [0.25, 0.3) is 0 Å². The number of benzene rings is 2. The Bertz CT molecular complexity index is 995. The van der Waals surface area contributed by atoms with Gasteiger partial charge in [0.25, 0.3) is 0 Å². The molecule has 0 bridgehead atoms. The number of carbonyl (C=O) groups is 1. The van der Waals surface area contributed by atoms with E-state index < -0.39 is 0 Å². The fourth-order valence-corrected chi connectivity index (χ4v) is 2.75. The van der Waals surface area contributed by atoms with Crippen molar-refractivity contribution in [2.24, 2.45) is 0 Å². The number of halogens is 1. The van der Waals surface area contributed by atoms with Gasteiger partial charge in [0.15, 0.2) is 23.1 Å². The molecule has 0 radical (unpaired) electrons. The Hall–Kier alpha value is -3.68. The molecule has 0 atom stereocenters. The van der Waals surface area contributed by atoms with E-state index in [-0.39, 0.29) is 18.1 Å². The number of carbonyl (C=O) groups excluding carboxylic acids is 1. The molecule has 0 spiro atoms. The molecule has 0 unspecified atom stereocenters. The molecule has 3 aromatic rings. The summed E-state index contributed by atoms with van der Waals surface area (Å²) in [5.41, 5.74) is 1.36. The normalized spacial score (nSPS) is 12.3. The minimum absolute atomic E-state index is 0.0522. The predicted molar refractivity (Wildman–Crippen MR) is 101 cm³/mol. The first-order chi connectivity index (χ1) is 13.7. The molecule has 142 valence electrons. The first-order valence-corrected chi connectivity index (χ1v) is 8.70. The molecular weight excluding hydrogens is 363 g/mol. The average molecular weight is 380 g/mol. The molecule has 0 fully saturated rings. The van der Waals surface area contributed by atoms with E-state index in [1.807, 2.05) is 18.2 Å². The molecule has 1 aliphatic heterocycles. The van der Waals surface area contributed by atoms with Crippen LogP contribution in [0.5, 0.6) is 11.5 Å². The van der Waals surface area contributed by atoms with Crippen molar-refractivity contribution in [1.82, 2.24) is 10.2 Å². The predicted octanol–water partition coefficient (Wildman–Crippen LogP) is 3.31. The van der Waals surface area contributed by atoms with Crippen LogP contribution in [-0.4, -0.2) is 29.3 Å². The highest BCUT2D eigenvalue weighted by Gasteiger charge is 2.12. The lowest BCUT2D eigenvalue weighted by Gasteiger charge is -2.19. The molecule has 7 nitrogen and oxygen atoms in total. The third kappa shape index (κ3) is 4.35. The van der Waals surface area contributed by atoms with E-state index in [9.17, 15) is 9.18 Å². The zero-order valence-corrected chi connectivity index (χ0v) is 14.8. The third-order valence-electron chi connectivity index (χ3n) is 4.00. The number of fused-ring (bicyclic) bond motifs is 1. The molecule has 2 heterocycles. The van der Waals surface area contributed by atoms with Crippen molar-refractivity contribution in [3.05, 3.63) is 66.0 Å². The second-order valence-electron chi connectivity index (χ2n) is 6.14. The topological polar surface area (TPSA) is 85.4 Å². The van der Waals surface area contributed by atoms with Crippen molar-refractivity contribution >= 4 is 23.2 Å². The molecule has 0 aliphatic carbocycles. The van der Waals surface area contributed by atoms with Crippen LogP contribution >= 0.6 is 0 Å². The van der Waals surface area contributed by atoms with Gasteiger partial charge < -0.3 is 20.1 Å². The number of anilines is 3. The SMILES string of the molecule is O=C(Cc1cccc(F)c1)Nc1ccc(Nc2ccc3c(c2)OCCO3)nn1. The molecule has 0 saturated carbocycles. The van der Waals surface area contributed by atoms with Gasteiger partial charge in [-0.05, 0) is 42.0 Å². The number of nitrogens with one attached hydrogen (secondary N) is 2. The van der Waals surface area contributed by atoms with Crippen LogP contribution < -0.4 is 20.1 Å². The number of nitrogens with zero attached hydrogens (tertiary/aromatic N) is 2. The van der Waals surface area contributed by atoms with Crippen LogP contribution in [0.4, 0.5) is 21.7 Å². The summed E-state index contributed by atoms with van der Waals surface area (Å²) >= 11 is 0. The number of hydrogen-bond donors (Lipinski definition) is 2. The Kier molecular flexibility index (Phi) is 5.01. The highest BCUT2D eigenvalue weighted by Crippen LogP contribution is 2.33. The highest BCUT2D eigenvalue weighted by atomic mass is 19.1. The molecule has 1 amide bonds. The first-order valence-electron chi connectivity index (χ1n) is 8.70. The van der Waals surface area contributed by atoms with Gasteiger partial charge in [0.2, 0.25) is 5.91 Å². The molecule has 2 aromatic carbocycles. The van der Waals surface area contributed by atoms with Gasteiger partial charge in [-0.25, -0.2) is 4.39 Å². The van der Waals surface area contributed by atoms with Crippen LogP contribution in [0.1, 0.15) is 5.56 Å². The lowest BCUT2D eigenvalue weighted by molar-refractivity contribution is -0.115. The van der Waals surface area contributed by atoms with Crippen LogP contribution in [0, 0.1) is 5.82 Å². The third-order valence-corrected chi connectivity index (χ3v) is 4.00. The first kappa shape index (κ1) is 17.7. The Morgan fingerprint density at radius 2 is 1.75 bits per heavy atom. The number of rotatable bonds is 5. The standard InChI is InChI=1S/C20H17FN4O3/c21-14-3-1-2-13(10-14)11-20(26)23-19-7-6-18(24-25-19)22-15-4-5-16-17(12-15)28-9-8-27-16/h1-7,10,12H,8-9,11H2,(H,22,24)(H,23,25,26). The molecule has 4 rings (SSSR count). The van der Waals surface area contributed by atoms with Crippen molar-refractivity contribution < 1.29 is 18.7 Å². The van der Waals surface area contributed by atoms with E-state index in [1.54, 1.807) is 24.3 Å². The number of aromatic nitrogens is 2. The quantitative estimate of drug-likeness (QED) is 0.706. The summed E-state index contributed by atoms with van der Waals surface area (Å²) in [6.45, 7) is 1.05. The summed E-state index contributed by atoms with van der Waals surface area (Å²) in [5.74, 6) is 1.53. The van der Waals surface area contributed by atoms with E-state index in [2.05, 4.69) is 20.8 Å². The van der Waals surface area contributed by atoms with E-state index >= 15 is 0 Å². The minimum Gasteiger partial charge on any atom is -0.486 e. The van der Waals surface area contributed by atoms with E-state index in [0.29, 0.717) is 41.9 Å². The number of hydrogen-bond acceptors (Lipinski definition) is 6. The smallest absolute Gasteiger partial charge is 0.229 e. The van der Waals surface area contributed by atoms with Crippen molar-refractivity contribution in [2.45, 2.75) is 6.42 Å². The molecule has 1 aromatic heterocycles. The average Bonchev–Trinajstić information content (AvgIpc) is 2.69. The molecule has 0 saturated heterocycles. The van der Waals surface area contributed by atoms with Gasteiger partial charge in [0.1, 0.15) is 19.0 Å². The van der Waals surface area contributed by atoms with Crippen molar-refractivity contribution in [1.29, 1.82) is 0 Å².